The Labute approximate surface area is 202 Å². The summed E-state index contributed by atoms with van der Waals surface area (Å²) in [6.07, 6.45) is -8.92. The molecule has 202 valence electrons. The van der Waals surface area contributed by atoms with Crippen LogP contribution in [0.15, 0.2) is 17.5 Å². The van der Waals surface area contributed by atoms with Crippen molar-refractivity contribution in [2.75, 3.05) is 59.7 Å². The van der Waals surface area contributed by atoms with Crippen molar-refractivity contribution in [2.24, 2.45) is 5.41 Å². The van der Waals surface area contributed by atoms with Crippen LogP contribution in [-0.4, -0.2) is 104 Å². The molecule has 2 fully saturated rings. The van der Waals surface area contributed by atoms with E-state index in [1.165, 1.54) is 17.8 Å². The van der Waals surface area contributed by atoms with Crippen molar-refractivity contribution in [3.8, 4) is 0 Å². The van der Waals surface area contributed by atoms with E-state index >= 15 is 0 Å². The van der Waals surface area contributed by atoms with Crippen molar-refractivity contribution in [1.82, 2.24) is 9.80 Å². The fourth-order valence-corrected chi connectivity index (χ4v) is 4.27. The first-order valence-corrected chi connectivity index (χ1v) is 11.2. The normalized spacial score (nSPS) is 21.5. The Morgan fingerprint density at radius 3 is 2.14 bits per heavy atom. The number of hydrogen-bond donors (Lipinski definition) is 2. The van der Waals surface area contributed by atoms with Gasteiger partial charge in [0.05, 0.1) is 19.8 Å². The Bertz CT molecular complexity index is 753. The molecule has 0 aliphatic carbocycles. The van der Waals surface area contributed by atoms with Crippen LogP contribution in [-0.2, 0) is 25.6 Å². The molecule has 2 N–H and O–H groups in total. The average molecular weight is 539 g/mol. The van der Waals surface area contributed by atoms with Gasteiger partial charge >= 0.3 is 24.3 Å². The Morgan fingerprint density at radius 2 is 1.66 bits per heavy atom. The van der Waals surface area contributed by atoms with Gasteiger partial charge in [-0.1, -0.05) is 6.07 Å². The molecule has 1 spiro atoms. The first kappa shape index (κ1) is 31.1. The second-order valence-corrected chi connectivity index (χ2v) is 9.00. The fraction of sp³-hybridized carbons (Fsp3) is 0.700. The number of ether oxygens (including phenoxy) is 2. The topological polar surface area (TPSA) is 99.5 Å². The molecule has 1 unspecified atom stereocenters. The molecule has 35 heavy (non-hydrogen) atoms. The van der Waals surface area contributed by atoms with Crippen LogP contribution >= 0.6 is 11.3 Å². The number of likely N-dealkylation sites (tertiary alicyclic amines) is 1. The Hall–Kier alpha value is -1.94. The van der Waals surface area contributed by atoms with Crippen LogP contribution in [0.25, 0.3) is 0 Å². The fourth-order valence-electron chi connectivity index (χ4n) is 3.53. The molecular formula is C20H28F6N2O6S. The quantitative estimate of drug-likeness (QED) is 0.552. The van der Waals surface area contributed by atoms with Crippen LogP contribution < -0.4 is 0 Å². The van der Waals surface area contributed by atoms with Crippen molar-refractivity contribution in [3.63, 3.8) is 0 Å². The summed E-state index contributed by atoms with van der Waals surface area (Å²) < 4.78 is 74.6. The molecule has 1 aromatic rings. The number of alkyl halides is 6. The number of aliphatic carboxylic acids is 2. The molecule has 2 saturated heterocycles. The molecule has 0 bridgehead atoms. The SMILES string of the molecule is COCCN1CCC2(COCCN(Cc3cccs3)C2)C1.O=C(O)C(F)(F)F.O=C(O)C(F)(F)F. The van der Waals surface area contributed by atoms with E-state index in [0.717, 1.165) is 52.5 Å². The molecule has 2 aliphatic rings. The van der Waals surface area contributed by atoms with Gasteiger partial charge in [-0.2, -0.15) is 26.3 Å². The van der Waals surface area contributed by atoms with E-state index in [1.54, 1.807) is 7.11 Å². The van der Waals surface area contributed by atoms with Gasteiger partial charge in [-0.25, -0.2) is 9.59 Å². The molecule has 0 saturated carbocycles. The highest BCUT2D eigenvalue weighted by atomic mass is 32.1. The number of hydrogen-bond acceptors (Lipinski definition) is 7. The van der Waals surface area contributed by atoms with Gasteiger partial charge < -0.3 is 24.6 Å². The van der Waals surface area contributed by atoms with Gasteiger partial charge in [-0.05, 0) is 24.4 Å². The van der Waals surface area contributed by atoms with Crippen LogP contribution in [0.3, 0.4) is 0 Å². The Kier molecular flexibility index (Phi) is 12.4. The van der Waals surface area contributed by atoms with Crippen molar-refractivity contribution in [2.45, 2.75) is 25.3 Å². The number of carboxylic acids is 2. The molecule has 0 aromatic carbocycles. The predicted octanol–water partition coefficient (Wildman–Crippen LogP) is 3.19. The lowest BCUT2D eigenvalue weighted by atomic mass is 9.87. The first-order chi connectivity index (χ1) is 16.2. The lowest BCUT2D eigenvalue weighted by Crippen LogP contribution is -2.40. The van der Waals surface area contributed by atoms with E-state index in [0.29, 0.717) is 5.41 Å². The highest BCUT2D eigenvalue weighted by Crippen LogP contribution is 2.34. The molecule has 15 heteroatoms. The highest BCUT2D eigenvalue weighted by Gasteiger charge is 2.41. The predicted molar refractivity (Wildman–Crippen MR) is 113 cm³/mol. The van der Waals surface area contributed by atoms with Crippen molar-refractivity contribution >= 4 is 23.3 Å². The Morgan fingerprint density at radius 1 is 1.09 bits per heavy atom. The number of methoxy groups -OCH3 is 1. The number of rotatable bonds is 5. The zero-order valence-corrected chi connectivity index (χ0v) is 19.7. The lowest BCUT2D eigenvalue weighted by molar-refractivity contribution is -0.193. The Balaban J connectivity index is 0.000000362. The second-order valence-electron chi connectivity index (χ2n) is 7.97. The monoisotopic (exact) mass is 538 g/mol. The zero-order chi connectivity index (χ0) is 26.7. The van der Waals surface area contributed by atoms with Crippen molar-refractivity contribution in [3.05, 3.63) is 22.4 Å². The number of nitrogens with zero attached hydrogens (tertiary/aromatic N) is 2. The summed E-state index contributed by atoms with van der Waals surface area (Å²) in [5, 5.41) is 16.4. The molecule has 1 aromatic heterocycles. The van der Waals surface area contributed by atoms with Crippen molar-refractivity contribution < 1.29 is 55.6 Å². The van der Waals surface area contributed by atoms with E-state index in [2.05, 4.69) is 27.3 Å². The van der Waals surface area contributed by atoms with Gasteiger partial charge in [-0.3, -0.25) is 4.90 Å². The third-order valence-corrected chi connectivity index (χ3v) is 5.95. The van der Waals surface area contributed by atoms with E-state index < -0.39 is 24.3 Å². The van der Waals surface area contributed by atoms with Crippen LogP contribution in [0.4, 0.5) is 26.3 Å². The van der Waals surface area contributed by atoms with Gasteiger partial charge in [0.15, 0.2) is 0 Å². The van der Waals surface area contributed by atoms with E-state index in [1.807, 2.05) is 11.3 Å². The van der Waals surface area contributed by atoms with Gasteiger partial charge in [0.25, 0.3) is 0 Å². The third-order valence-electron chi connectivity index (χ3n) is 5.09. The summed E-state index contributed by atoms with van der Waals surface area (Å²) in [5.74, 6) is -5.51. The maximum atomic E-state index is 10.6. The standard InChI is InChI=1S/C16H26N2O2S.2C2HF3O2/c1-19-8-6-17-5-4-16(12-17)13-18(7-9-20-14-16)11-15-3-2-10-21-15;2*3-2(4,5)1(6)7/h2-3,10H,4-9,11-14H2,1H3;2*(H,6,7). The van der Waals surface area contributed by atoms with Crippen LogP contribution in [0.5, 0.6) is 0 Å². The minimum Gasteiger partial charge on any atom is -0.475 e. The average Bonchev–Trinajstić information content (AvgIpc) is 3.34. The minimum atomic E-state index is -5.08. The molecule has 2 aliphatic heterocycles. The highest BCUT2D eigenvalue weighted by molar-refractivity contribution is 7.09. The molecule has 0 radical (unpaired) electrons. The minimum absolute atomic E-state index is 0.321. The summed E-state index contributed by atoms with van der Waals surface area (Å²) in [6.45, 7) is 9.27. The zero-order valence-electron chi connectivity index (χ0n) is 18.9. The largest absolute Gasteiger partial charge is 0.490 e. The number of halogens is 6. The second kappa shape index (κ2) is 14.0. The first-order valence-electron chi connectivity index (χ1n) is 10.3. The third kappa shape index (κ3) is 12.0. The summed E-state index contributed by atoms with van der Waals surface area (Å²) in [5.41, 5.74) is 0.321. The van der Waals surface area contributed by atoms with Gasteiger partial charge in [-0.15, -0.1) is 11.3 Å². The smallest absolute Gasteiger partial charge is 0.475 e. The van der Waals surface area contributed by atoms with Crippen LogP contribution in [0.1, 0.15) is 11.3 Å². The number of carbonyl (C=O) groups is 2. The molecular weight excluding hydrogens is 510 g/mol. The number of carboxylic acid groups (broad SMARTS) is 2. The molecule has 8 nitrogen and oxygen atoms in total. The summed E-state index contributed by atoms with van der Waals surface area (Å²) >= 11 is 1.86. The van der Waals surface area contributed by atoms with Crippen LogP contribution in [0.2, 0.25) is 0 Å². The van der Waals surface area contributed by atoms with Gasteiger partial charge in [0.1, 0.15) is 0 Å². The molecule has 3 heterocycles. The van der Waals surface area contributed by atoms with Crippen molar-refractivity contribution in [1.29, 1.82) is 0 Å². The van der Waals surface area contributed by atoms with E-state index in [-0.39, 0.29) is 0 Å². The summed E-state index contributed by atoms with van der Waals surface area (Å²) in [7, 11) is 1.78. The molecule has 3 rings (SSSR count). The molecule has 0 amide bonds. The van der Waals surface area contributed by atoms with Gasteiger partial charge in [0, 0.05) is 50.1 Å². The molecule has 1 atom stereocenters. The number of thiophene rings is 1. The van der Waals surface area contributed by atoms with E-state index in [9.17, 15) is 26.3 Å². The van der Waals surface area contributed by atoms with Gasteiger partial charge in [0.2, 0.25) is 0 Å². The summed E-state index contributed by atoms with van der Waals surface area (Å²) in [4.78, 5) is 24.4. The maximum Gasteiger partial charge on any atom is 0.490 e. The van der Waals surface area contributed by atoms with Crippen LogP contribution in [0, 0.1) is 5.41 Å². The maximum absolute atomic E-state index is 10.6. The summed E-state index contributed by atoms with van der Waals surface area (Å²) in [6, 6.07) is 4.38. The lowest BCUT2D eigenvalue weighted by Gasteiger charge is -2.31. The van der Waals surface area contributed by atoms with E-state index in [4.69, 9.17) is 29.3 Å².